The van der Waals surface area contributed by atoms with Gasteiger partial charge in [-0.3, -0.25) is 4.79 Å². The van der Waals surface area contributed by atoms with E-state index < -0.39 is 11.5 Å². The molecule has 2 atom stereocenters. The summed E-state index contributed by atoms with van der Waals surface area (Å²) >= 11 is 0. The second kappa shape index (κ2) is 6.39. The number of hydrogen-bond donors (Lipinski definition) is 2. The van der Waals surface area contributed by atoms with Crippen molar-refractivity contribution in [2.24, 2.45) is 17.6 Å². The maximum Gasteiger partial charge on any atom is 0.323 e. The van der Waals surface area contributed by atoms with Crippen molar-refractivity contribution in [3.8, 4) is 0 Å². The van der Waals surface area contributed by atoms with Crippen molar-refractivity contribution >= 4 is 5.97 Å². The minimum atomic E-state index is -1.06. The van der Waals surface area contributed by atoms with E-state index in [-0.39, 0.29) is 0 Å². The maximum absolute atomic E-state index is 10.9. The smallest absolute Gasteiger partial charge is 0.323 e. The molecule has 0 aliphatic heterocycles. The first-order chi connectivity index (χ1) is 7.92. The summed E-state index contributed by atoms with van der Waals surface area (Å²) in [6.45, 7) is 3.74. The van der Waals surface area contributed by atoms with Gasteiger partial charge >= 0.3 is 5.97 Å². The molecule has 0 aromatic carbocycles. The van der Waals surface area contributed by atoms with Gasteiger partial charge in [-0.15, -0.1) is 0 Å². The van der Waals surface area contributed by atoms with Gasteiger partial charge in [0, 0.05) is 0 Å². The standard InChI is InChI=1S/C14H27NO2/c1-11(10-14(2,15)13(16)17)8-9-12-6-4-3-5-7-12/h11-12H,3-10,15H2,1-2H3,(H,16,17)/t11-,14-/m1/s1. The van der Waals surface area contributed by atoms with Crippen LogP contribution in [0.4, 0.5) is 0 Å². The third-order valence-corrected chi connectivity index (χ3v) is 4.05. The Morgan fingerprint density at radius 2 is 2.00 bits per heavy atom. The van der Waals surface area contributed by atoms with Gasteiger partial charge in [0.1, 0.15) is 5.54 Å². The molecule has 0 unspecified atom stereocenters. The first-order valence-corrected chi connectivity index (χ1v) is 6.94. The van der Waals surface area contributed by atoms with Gasteiger partial charge in [0.25, 0.3) is 0 Å². The Morgan fingerprint density at radius 1 is 1.41 bits per heavy atom. The summed E-state index contributed by atoms with van der Waals surface area (Å²) in [6, 6.07) is 0. The number of carboxylic acids is 1. The van der Waals surface area contributed by atoms with Gasteiger partial charge in [0.05, 0.1) is 0 Å². The van der Waals surface area contributed by atoms with Gasteiger partial charge in [-0.25, -0.2) is 0 Å². The molecule has 3 nitrogen and oxygen atoms in total. The minimum absolute atomic E-state index is 0.406. The zero-order chi connectivity index (χ0) is 12.9. The van der Waals surface area contributed by atoms with E-state index >= 15 is 0 Å². The number of carbonyl (C=O) groups is 1. The Hall–Kier alpha value is -0.570. The molecule has 3 N–H and O–H groups in total. The van der Waals surface area contributed by atoms with Crippen LogP contribution in [0.15, 0.2) is 0 Å². The highest BCUT2D eigenvalue weighted by molar-refractivity contribution is 5.77. The van der Waals surface area contributed by atoms with E-state index in [9.17, 15) is 4.79 Å². The van der Waals surface area contributed by atoms with Crippen LogP contribution in [-0.4, -0.2) is 16.6 Å². The Bertz CT molecular complexity index is 245. The van der Waals surface area contributed by atoms with Crippen LogP contribution in [0.2, 0.25) is 0 Å². The average Bonchev–Trinajstić information content (AvgIpc) is 2.27. The fraction of sp³-hybridized carbons (Fsp3) is 0.929. The van der Waals surface area contributed by atoms with E-state index in [1.807, 2.05) is 0 Å². The SMILES string of the molecule is C[C@H](CCC1CCCCC1)C[C@@](C)(N)C(=O)O. The van der Waals surface area contributed by atoms with Gasteiger partial charge in [0.2, 0.25) is 0 Å². The molecule has 1 fully saturated rings. The molecular formula is C14H27NO2. The van der Waals surface area contributed by atoms with Crippen LogP contribution >= 0.6 is 0 Å². The molecule has 1 saturated carbocycles. The summed E-state index contributed by atoms with van der Waals surface area (Å²) in [7, 11) is 0. The van der Waals surface area contributed by atoms with Crippen molar-refractivity contribution in [2.75, 3.05) is 0 Å². The summed E-state index contributed by atoms with van der Waals surface area (Å²) in [6.07, 6.45) is 9.82. The number of aliphatic carboxylic acids is 1. The molecule has 1 rings (SSSR count). The first kappa shape index (κ1) is 14.5. The molecule has 0 saturated heterocycles. The van der Waals surface area contributed by atoms with Gasteiger partial charge in [-0.05, 0) is 25.2 Å². The molecule has 0 bridgehead atoms. The molecule has 1 aliphatic carbocycles. The minimum Gasteiger partial charge on any atom is -0.480 e. The molecule has 1 aliphatic rings. The monoisotopic (exact) mass is 241 g/mol. The van der Waals surface area contributed by atoms with E-state index in [1.54, 1.807) is 6.92 Å². The summed E-state index contributed by atoms with van der Waals surface area (Å²) in [5, 5.41) is 8.98. The van der Waals surface area contributed by atoms with Crippen LogP contribution in [0, 0.1) is 11.8 Å². The van der Waals surface area contributed by atoms with Crippen LogP contribution in [0.25, 0.3) is 0 Å². The summed E-state index contributed by atoms with van der Waals surface area (Å²) in [5.74, 6) is 0.394. The number of carboxylic acid groups (broad SMARTS) is 1. The van der Waals surface area contributed by atoms with Gasteiger partial charge in [0.15, 0.2) is 0 Å². The van der Waals surface area contributed by atoms with Crippen molar-refractivity contribution < 1.29 is 9.90 Å². The molecular weight excluding hydrogens is 214 g/mol. The molecule has 0 aromatic heterocycles. The van der Waals surface area contributed by atoms with E-state index in [0.29, 0.717) is 12.3 Å². The fourth-order valence-corrected chi connectivity index (χ4v) is 2.91. The van der Waals surface area contributed by atoms with E-state index in [1.165, 1.54) is 38.5 Å². The topological polar surface area (TPSA) is 63.3 Å². The highest BCUT2D eigenvalue weighted by Gasteiger charge is 2.29. The maximum atomic E-state index is 10.9. The molecule has 0 aromatic rings. The lowest BCUT2D eigenvalue weighted by atomic mass is 9.82. The molecule has 100 valence electrons. The van der Waals surface area contributed by atoms with Crippen LogP contribution in [0.5, 0.6) is 0 Å². The van der Waals surface area contributed by atoms with Crippen molar-refractivity contribution in [1.29, 1.82) is 0 Å². The normalized spacial score (nSPS) is 23.0. The first-order valence-electron chi connectivity index (χ1n) is 6.94. The van der Waals surface area contributed by atoms with Crippen LogP contribution in [0.3, 0.4) is 0 Å². The Labute approximate surface area is 105 Å². The quantitative estimate of drug-likeness (QED) is 0.750. The zero-order valence-electron chi connectivity index (χ0n) is 11.2. The third-order valence-electron chi connectivity index (χ3n) is 4.05. The van der Waals surface area contributed by atoms with Crippen LogP contribution in [-0.2, 0) is 4.79 Å². The zero-order valence-corrected chi connectivity index (χ0v) is 11.2. The van der Waals surface area contributed by atoms with E-state index in [2.05, 4.69) is 6.92 Å². The summed E-state index contributed by atoms with van der Waals surface area (Å²) < 4.78 is 0. The molecule has 0 heterocycles. The lowest BCUT2D eigenvalue weighted by Gasteiger charge is -2.26. The molecule has 3 heteroatoms. The largest absolute Gasteiger partial charge is 0.480 e. The molecule has 0 amide bonds. The molecule has 0 spiro atoms. The molecule has 0 radical (unpaired) electrons. The van der Waals surface area contributed by atoms with Crippen molar-refractivity contribution in [3.05, 3.63) is 0 Å². The predicted octanol–water partition coefficient (Wildman–Crippen LogP) is 3.18. The Kier molecular flexibility index (Phi) is 5.44. The number of rotatable bonds is 6. The van der Waals surface area contributed by atoms with Crippen LogP contribution < -0.4 is 5.73 Å². The van der Waals surface area contributed by atoms with Gasteiger partial charge < -0.3 is 10.8 Å². The van der Waals surface area contributed by atoms with Crippen molar-refractivity contribution in [1.82, 2.24) is 0 Å². The summed E-state index contributed by atoms with van der Waals surface area (Å²) in [5.41, 5.74) is 4.71. The van der Waals surface area contributed by atoms with E-state index in [0.717, 1.165) is 12.3 Å². The van der Waals surface area contributed by atoms with Crippen LogP contribution in [0.1, 0.15) is 65.2 Å². The highest BCUT2D eigenvalue weighted by atomic mass is 16.4. The highest BCUT2D eigenvalue weighted by Crippen LogP contribution is 2.30. The lowest BCUT2D eigenvalue weighted by Crippen LogP contribution is -2.46. The fourth-order valence-electron chi connectivity index (χ4n) is 2.91. The Morgan fingerprint density at radius 3 is 2.53 bits per heavy atom. The van der Waals surface area contributed by atoms with E-state index in [4.69, 9.17) is 10.8 Å². The molecule has 17 heavy (non-hydrogen) atoms. The third kappa shape index (κ3) is 5.07. The lowest BCUT2D eigenvalue weighted by molar-refractivity contribution is -0.143. The second-order valence-electron chi connectivity index (χ2n) is 6.11. The number of hydrogen-bond acceptors (Lipinski definition) is 2. The Balaban J connectivity index is 2.24. The van der Waals surface area contributed by atoms with Gasteiger partial charge in [-0.1, -0.05) is 51.9 Å². The van der Waals surface area contributed by atoms with Crippen molar-refractivity contribution in [3.63, 3.8) is 0 Å². The van der Waals surface area contributed by atoms with Crippen molar-refractivity contribution in [2.45, 2.75) is 70.8 Å². The summed E-state index contributed by atoms with van der Waals surface area (Å²) in [4.78, 5) is 10.9. The average molecular weight is 241 g/mol. The van der Waals surface area contributed by atoms with Gasteiger partial charge in [-0.2, -0.15) is 0 Å². The number of nitrogens with two attached hydrogens (primary N) is 1. The predicted molar refractivity (Wildman–Crippen MR) is 69.8 cm³/mol. The second-order valence-corrected chi connectivity index (χ2v) is 6.11.